The summed E-state index contributed by atoms with van der Waals surface area (Å²) in [5, 5.41) is 0.997. The molecule has 1 aliphatic rings. The third-order valence-corrected chi connectivity index (χ3v) is 4.92. The standard InChI is InChI=1S/C20H22N4O2/c1-13-22-19-16(7-5-10-21-19)20(23-13)24-11-9-14(12-24)15-6-4-8-17(25-2)18(15)26-3/h4-8,10,14H,9,11-12H2,1-3H3/t14-/m0/s1. The van der Waals surface area contributed by atoms with Crippen LogP contribution < -0.4 is 14.4 Å². The van der Waals surface area contributed by atoms with Gasteiger partial charge < -0.3 is 14.4 Å². The van der Waals surface area contributed by atoms with Gasteiger partial charge in [0.05, 0.1) is 19.6 Å². The van der Waals surface area contributed by atoms with Gasteiger partial charge in [-0.15, -0.1) is 0 Å². The summed E-state index contributed by atoms with van der Waals surface area (Å²) in [6, 6.07) is 10.1. The van der Waals surface area contributed by atoms with Crippen LogP contribution in [0.1, 0.15) is 23.7 Å². The van der Waals surface area contributed by atoms with E-state index in [1.54, 1.807) is 20.4 Å². The molecule has 1 saturated heterocycles. The van der Waals surface area contributed by atoms with Gasteiger partial charge in [0.15, 0.2) is 17.1 Å². The molecule has 3 aromatic rings. The molecule has 0 saturated carbocycles. The summed E-state index contributed by atoms with van der Waals surface area (Å²) < 4.78 is 11.1. The third kappa shape index (κ3) is 2.81. The highest BCUT2D eigenvalue weighted by Crippen LogP contribution is 2.40. The minimum absolute atomic E-state index is 0.363. The number of methoxy groups -OCH3 is 2. The van der Waals surface area contributed by atoms with E-state index in [9.17, 15) is 0 Å². The number of fused-ring (bicyclic) bond motifs is 1. The number of anilines is 1. The first-order valence-electron chi connectivity index (χ1n) is 8.76. The molecule has 0 aliphatic carbocycles. The molecule has 0 bridgehead atoms. The van der Waals surface area contributed by atoms with Crippen molar-refractivity contribution in [2.45, 2.75) is 19.3 Å². The van der Waals surface area contributed by atoms with Crippen molar-refractivity contribution in [3.8, 4) is 11.5 Å². The number of ether oxygens (including phenoxy) is 2. The highest BCUT2D eigenvalue weighted by Gasteiger charge is 2.29. The second-order valence-corrected chi connectivity index (χ2v) is 6.48. The van der Waals surface area contributed by atoms with Crippen molar-refractivity contribution in [1.82, 2.24) is 15.0 Å². The van der Waals surface area contributed by atoms with Gasteiger partial charge in [-0.1, -0.05) is 12.1 Å². The van der Waals surface area contributed by atoms with Crippen molar-refractivity contribution in [3.05, 3.63) is 47.9 Å². The molecule has 2 aromatic heterocycles. The Morgan fingerprint density at radius 1 is 1.08 bits per heavy atom. The Hall–Kier alpha value is -2.89. The lowest BCUT2D eigenvalue weighted by Crippen LogP contribution is -2.21. The summed E-state index contributed by atoms with van der Waals surface area (Å²) in [6.45, 7) is 3.73. The Morgan fingerprint density at radius 2 is 1.96 bits per heavy atom. The molecule has 1 aliphatic heterocycles. The van der Waals surface area contributed by atoms with Crippen molar-refractivity contribution < 1.29 is 9.47 Å². The first kappa shape index (κ1) is 16.6. The maximum Gasteiger partial charge on any atom is 0.164 e. The number of hydrogen-bond donors (Lipinski definition) is 0. The van der Waals surface area contributed by atoms with Gasteiger partial charge in [-0.2, -0.15) is 0 Å². The largest absolute Gasteiger partial charge is 0.493 e. The average Bonchev–Trinajstić information content (AvgIpc) is 3.16. The van der Waals surface area contributed by atoms with Crippen LogP contribution in [0, 0.1) is 6.92 Å². The van der Waals surface area contributed by atoms with Crippen LogP contribution in [-0.4, -0.2) is 42.3 Å². The summed E-state index contributed by atoms with van der Waals surface area (Å²) in [6.07, 6.45) is 2.81. The van der Waals surface area contributed by atoms with E-state index in [-0.39, 0.29) is 0 Å². The van der Waals surface area contributed by atoms with E-state index in [0.29, 0.717) is 5.92 Å². The maximum atomic E-state index is 5.63. The zero-order valence-corrected chi connectivity index (χ0v) is 15.3. The SMILES string of the molecule is COc1cccc([C@H]2CCN(c3nc(C)nc4ncccc34)C2)c1OC. The molecule has 1 fully saturated rings. The van der Waals surface area contributed by atoms with Gasteiger partial charge in [0.25, 0.3) is 0 Å². The van der Waals surface area contributed by atoms with Crippen LogP contribution in [0.25, 0.3) is 11.0 Å². The topological polar surface area (TPSA) is 60.4 Å². The number of pyridine rings is 1. The molecule has 26 heavy (non-hydrogen) atoms. The van der Waals surface area contributed by atoms with Crippen molar-refractivity contribution >= 4 is 16.9 Å². The van der Waals surface area contributed by atoms with E-state index in [1.165, 1.54) is 5.56 Å². The van der Waals surface area contributed by atoms with E-state index in [0.717, 1.165) is 53.7 Å². The Kier molecular flexibility index (Phi) is 4.32. The van der Waals surface area contributed by atoms with Crippen LogP contribution >= 0.6 is 0 Å². The molecule has 6 nitrogen and oxygen atoms in total. The molecule has 1 aromatic carbocycles. The molecule has 3 heterocycles. The van der Waals surface area contributed by atoms with Gasteiger partial charge in [-0.25, -0.2) is 15.0 Å². The number of aryl methyl sites for hydroxylation is 1. The first-order chi connectivity index (χ1) is 12.7. The lowest BCUT2D eigenvalue weighted by atomic mass is 9.97. The van der Waals surface area contributed by atoms with Crippen LogP contribution in [-0.2, 0) is 0 Å². The van der Waals surface area contributed by atoms with E-state index >= 15 is 0 Å². The summed E-state index contributed by atoms with van der Waals surface area (Å²) >= 11 is 0. The monoisotopic (exact) mass is 350 g/mol. The summed E-state index contributed by atoms with van der Waals surface area (Å²) in [5.74, 6) is 3.67. The van der Waals surface area contributed by atoms with Crippen LogP contribution in [0.3, 0.4) is 0 Å². The Morgan fingerprint density at radius 3 is 2.77 bits per heavy atom. The number of nitrogens with zero attached hydrogens (tertiary/aromatic N) is 4. The smallest absolute Gasteiger partial charge is 0.164 e. The van der Waals surface area contributed by atoms with E-state index in [4.69, 9.17) is 14.5 Å². The van der Waals surface area contributed by atoms with Gasteiger partial charge in [0, 0.05) is 30.8 Å². The van der Waals surface area contributed by atoms with Crippen LogP contribution in [0.15, 0.2) is 36.5 Å². The van der Waals surface area contributed by atoms with Crippen molar-refractivity contribution in [2.24, 2.45) is 0 Å². The van der Waals surface area contributed by atoms with E-state index in [2.05, 4.69) is 20.9 Å². The number of aromatic nitrogens is 3. The normalized spacial score (nSPS) is 16.9. The minimum atomic E-state index is 0.363. The predicted molar refractivity (Wildman–Crippen MR) is 101 cm³/mol. The Balaban J connectivity index is 1.68. The average molecular weight is 350 g/mol. The van der Waals surface area contributed by atoms with Crippen molar-refractivity contribution in [1.29, 1.82) is 0 Å². The molecular formula is C20H22N4O2. The van der Waals surface area contributed by atoms with Crippen LogP contribution in [0.5, 0.6) is 11.5 Å². The molecule has 0 amide bonds. The molecule has 0 unspecified atom stereocenters. The molecular weight excluding hydrogens is 328 g/mol. The predicted octanol–water partition coefficient (Wildman–Crippen LogP) is 3.34. The second kappa shape index (κ2) is 6.78. The fourth-order valence-corrected chi connectivity index (χ4v) is 3.73. The third-order valence-electron chi connectivity index (χ3n) is 4.92. The molecule has 134 valence electrons. The highest BCUT2D eigenvalue weighted by atomic mass is 16.5. The zero-order valence-electron chi connectivity index (χ0n) is 15.3. The number of benzene rings is 1. The van der Waals surface area contributed by atoms with Gasteiger partial charge >= 0.3 is 0 Å². The Labute approximate surface area is 152 Å². The fourth-order valence-electron chi connectivity index (χ4n) is 3.73. The number of rotatable bonds is 4. The van der Waals surface area contributed by atoms with Gasteiger partial charge in [-0.3, -0.25) is 0 Å². The van der Waals surface area contributed by atoms with Gasteiger partial charge in [0.2, 0.25) is 0 Å². The summed E-state index contributed by atoms with van der Waals surface area (Å²) in [4.78, 5) is 15.9. The lowest BCUT2D eigenvalue weighted by molar-refractivity contribution is 0.350. The molecule has 0 radical (unpaired) electrons. The van der Waals surface area contributed by atoms with Gasteiger partial charge in [-0.05, 0) is 31.5 Å². The molecule has 0 N–H and O–H groups in total. The van der Waals surface area contributed by atoms with E-state index < -0.39 is 0 Å². The highest BCUT2D eigenvalue weighted by molar-refractivity contribution is 5.87. The second-order valence-electron chi connectivity index (χ2n) is 6.48. The quantitative estimate of drug-likeness (QED) is 0.719. The molecule has 6 heteroatoms. The lowest BCUT2D eigenvalue weighted by Gasteiger charge is -2.21. The Bertz CT molecular complexity index is 944. The zero-order chi connectivity index (χ0) is 18.1. The first-order valence-corrected chi connectivity index (χ1v) is 8.76. The molecule has 1 atom stereocenters. The van der Waals surface area contributed by atoms with Crippen LogP contribution in [0.4, 0.5) is 5.82 Å². The number of hydrogen-bond acceptors (Lipinski definition) is 6. The molecule has 4 rings (SSSR count). The minimum Gasteiger partial charge on any atom is -0.493 e. The molecule has 0 spiro atoms. The van der Waals surface area contributed by atoms with Gasteiger partial charge in [0.1, 0.15) is 11.6 Å². The summed E-state index contributed by atoms with van der Waals surface area (Å²) in [7, 11) is 3.37. The summed E-state index contributed by atoms with van der Waals surface area (Å²) in [5.41, 5.74) is 1.93. The van der Waals surface area contributed by atoms with Crippen molar-refractivity contribution in [2.75, 3.05) is 32.2 Å². The van der Waals surface area contributed by atoms with Crippen LogP contribution in [0.2, 0.25) is 0 Å². The fraction of sp³-hybridized carbons (Fsp3) is 0.350. The van der Waals surface area contributed by atoms with Crippen molar-refractivity contribution in [3.63, 3.8) is 0 Å². The van der Waals surface area contributed by atoms with E-state index in [1.807, 2.05) is 31.2 Å². The number of para-hydroxylation sites is 1. The maximum absolute atomic E-state index is 5.63.